The van der Waals surface area contributed by atoms with Gasteiger partial charge in [-0.2, -0.15) is 0 Å². The lowest BCUT2D eigenvalue weighted by molar-refractivity contribution is -0.140. The van der Waals surface area contributed by atoms with E-state index in [1.165, 1.54) is 6.42 Å². The highest BCUT2D eigenvalue weighted by molar-refractivity contribution is 6.38. The third-order valence-electron chi connectivity index (χ3n) is 9.86. The first-order valence-corrected chi connectivity index (χ1v) is 12.4. The Morgan fingerprint density at radius 2 is 1.73 bits per heavy atom. The molecule has 0 radical (unpaired) electrons. The van der Waals surface area contributed by atoms with Crippen LogP contribution in [0, 0.1) is 40.4 Å². The minimum Gasteiger partial charge on any atom is -0.461 e. The molecule has 0 aromatic carbocycles. The average molecular weight is 420 g/mol. The van der Waals surface area contributed by atoms with Gasteiger partial charge in [-0.3, -0.25) is 5.41 Å². The SMILES string of the molecule is CCC[C@@]1(O)CC[C@H]2[C@@H](CC[C@@H]3[C@@H]2CCC2(C)[C@H]3CCC2(O)C(=N)C(=O)OCC)C1. The van der Waals surface area contributed by atoms with E-state index in [1.54, 1.807) is 6.92 Å². The number of fused-ring (bicyclic) bond motifs is 5. The van der Waals surface area contributed by atoms with Crippen molar-refractivity contribution in [3.05, 3.63) is 0 Å². The largest absolute Gasteiger partial charge is 0.461 e. The minimum atomic E-state index is -1.36. The Kier molecular flexibility index (Phi) is 5.85. The molecule has 4 aliphatic carbocycles. The van der Waals surface area contributed by atoms with E-state index in [0.29, 0.717) is 36.0 Å². The zero-order valence-electron chi connectivity index (χ0n) is 19.1. The van der Waals surface area contributed by atoms with Gasteiger partial charge in [0.15, 0.2) is 0 Å². The molecule has 5 nitrogen and oxygen atoms in total. The van der Waals surface area contributed by atoms with Crippen LogP contribution in [0.1, 0.15) is 91.4 Å². The summed E-state index contributed by atoms with van der Waals surface area (Å²) in [5, 5.41) is 31.1. The first-order valence-electron chi connectivity index (χ1n) is 12.4. The second-order valence-electron chi connectivity index (χ2n) is 11.1. The van der Waals surface area contributed by atoms with Crippen molar-refractivity contribution in [2.24, 2.45) is 35.0 Å². The molecule has 3 N–H and O–H groups in total. The Balaban J connectivity index is 1.52. The molecule has 4 saturated carbocycles. The van der Waals surface area contributed by atoms with Crippen LogP contribution in [-0.4, -0.2) is 39.7 Å². The highest BCUT2D eigenvalue weighted by atomic mass is 16.5. The molecule has 30 heavy (non-hydrogen) atoms. The van der Waals surface area contributed by atoms with Crippen LogP contribution in [0.5, 0.6) is 0 Å². The predicted molar refractivity (Wildman–Crippen MR) is 116 cm³/mol. The molecule has 4 rings (SSSR count). The van der Waals surface area contributed by atoms with Crippen LogP contribution in [0.3, 0.4) is 0 Å². The van der Waals surface area contributed by atoms with Gasteiger partial charge in [0, 0.05) is 5.41 Å². The fourth-order valence-electron chi connectivity index (χ4n) is 8.45. The molecular weight excluding hydrogens is 378 g/mol. The second-order valence-corrected chi connectivity index (χ2v) is 11.1. The molecule has 0 bridgehead atoms. The van der Waals surface area contributed by atoms with Gasteiger partial charge in [-0.15, -0.1) is 0 Å². The fourth-order valence-corrected chi connectivity index (χ4v) is 8.45. The number of hydrogen-bond donors (Lipinski definition) is 3. The Morgan fingerprint density at radius 1 is 1.00 bits per heavy atom. The van der Waals surface area contributed by atoms with Gasteiger partial charge in [-0.25, -0.2) is 4.79 Å². The number of ether oxygens (including phenoxy) is 1. The first-order chi connectivity index (χ1) is 14.2. The molecule has 5 heteroatoms. The normalized spacial score (nSPS) is 47.7. The van der Waals surface area contributed by atoms with Crippen molar-refractivity contribution in [2.45, 2.75) is 103 Å². The van der Waals surface area contributed by atoms with Gasteiger partial charge in [0.05, 0.1) is 12.2 Å². The zero-order valence-corrected chi connectivity index (χ0v) is 19.1. The quantitative estimate of drug-likeness (QED) is 0.452. The molecule has 4 aliphatic rings. The number of esters is 1. The summed E-state index contributed by atoms with van der Waals surface area (Å²) >= 11 is 0. The molecule has 170 valence electrons. The van der Waals surface area contributed by atoms with E-state index in [9.17, 15) is 15.0 Å². The molecular formula is C25H41NO4. The van der Waals surface area contributed by atoms with Crippen molar-refractivity contribution in [2.75, 3.05) is 6.61 Å². The van der Waals surface area contributed by atoms with E-state index in [-0.39, 0.29) is 12.3 Å². The van der Waals surface area contributed by atoms with Crippen molar-refractivity contribution in [1.82, 2.24) is 0 Å². The molecule has 2 unspecified atom stereocenters. The number of hydrogen-bond acceptors (Lipinski definition) is 5. The summed E-state index contributed by atoms with van der Waals surface area (Å²) in [5.74, 6) is 2.30. The van der Waals surface area contributed by atoms with Gasteiger partial charge in [-0.05, 0) is 101 Å². The van der Waals surface area contributed by atoms with Crippen LogP contribution in [0.25, 0.3) is 0 Å². The van der Waals surface area contributed by atoms with Crippen molar-refractivity contribution in [3.8, 4) is 0 Å². The van der Waals surface area contributed by atoms with Gasteiger partial charge in [0.2, 0.25) is 0 Å². The Hall–Kier alpha value is -0.940. The lowest BCUT2D eigenvalue weighted by Gasteiger charge is -2.58. The van der Waals surface area contributed by atoms with E-state index in [1.807, 2.05) is 0 Å². The molecule has 0 amide bonds. The molecule has 0 spiro atoms. The summed E-state index contributed by atoms with van der Waals surface area (Å²) in [7, 11) is 0. The van der Waals surface area contributed by atoms with E-state index in [2.05, 4.69) is 13.8 Å². The van der Waals surface area contributed by atoms with Crippen LogP contribution in [-0.2, 0) is 9.53 Å². The highest BCUT2D eigenvalue weighted by Gasteiger charge is 2.65. The van der Waals surface area contributed by atoms with E-state index in [4.69, 9.17) is 10.1 Å². The van der Waals surface area contributed by atoms with Crippen LogP contribution in [0.15, 0.2) is 0 Å². The summed E-state index contributed by atoms with van der Waals surface area (Å²) in [6.07, 6.45) is 10.7. The fraction of sp³-hybridized carbons (Fsp3) is 0.920. The minimum absolute atomic E-state index is 0.232. The molecule has 0 aromatic rings. The van der Waals surface area contributed by atoms with Crippen LogP contribution in [0.2, 0.25) is 0 Å². The lowest BCUT2D eigenvalue weighted by Crippen LogP contribution is -2.58. The maximum absolute atomic E-state index is 12.3. The monoisotopic (exact) mass is 419 g/mol. The number of carbonyl (C=O) groups is 1. The summed E-state index contributed by atoms with van der Waals surface area (Å²) in [4.78, 5) is 12.3. The van der Waals surface area contributed by atoms with Crippen LogP contribution in [0.4, 0.5) is 0 Å². The maximum Gasteiger partial charge on any atom is 0.355 e. The van der Waals surface area contributed by atoms with Crippen molar-refractivity contribution < 1.29 is 19.7 Å². The Bertz CT molecular complexity index is 695. The van der Waals surface area contributed by atoms with E-state index < -0.39 is 22.6 Å². The number of rotatable bonds is 5. The molecule has 4 fully saturated rings. The second kappa shape index (κ2) is 7.88. The first kappa shape index (κ1) is 22.3. The van der Waals surface area contributed by atoms with Crippen LogP contribution >= 0.6 is 0 Å². The molecule has 0 aliphatic heterocycles. The van der Waals surface area contributed by atoms with E-state index >= 15 is 0 Å². The van der Waals surface area contributed by atoms with Crippen molar-refractivity contribution in [3.63, 3.8) is 0 Å². The molecule has 0 saturated heterocycles. The Labute approximate surface area is 181 Å². The van der Waals surface area contributed by atoms with Gasteiger partial charge < -0.3 is 14.9 Å². The highest BCUT2D eigenvalue weighted by Crippen LogP contribution is 2.66. The van der Waals surface area contributed by atoms with Gasteiger partial charge in [0.1, 0.15) is 11.3 Å². The summed E-state index contributed by atoms with van der Waals surface area (Å²) in [6.45, 7) is 6.26. The summed E-state index contributed by atoms with van der Waals surface area (Å²) < 4.78 is 5.08. The van der Waals surface area contributed by atoms with Gasteiger partial charge in [0.25, 0.3) is 0 Å². The average Bonchev–Trinajstić information content (AvgIpc) is 2.99. The number of nitrogens with one attached hydrogen (secondary N) is 1. The molecule has 0 heterocycles. The number of aliphatic hydroxyl groups is 2. The summed E-state index contributed by atoms with van der Waals surface area (Å²) in [5.41, 5.74) is -2.46. The van der Waals surface area contributed by atoms with Gasteiger partial charge >= 0.3 is 5.97 Å². The third kappa shape index (κ3) is 3.26. The molecule has 0 aromatic heterocycles. The predicted octanol–water partition coefficient (Wildman–Crippen LogP) is 4.48. The Morgan fingerprint density at radius 3 is 2.43 bits per heavy atom. The van der Waals surface area contributed by atoms with E-state index in [0.717, 1.165) is 57.8 Å². The standard InChI is InChI=1S/C25H41NO4/c1-4-11-24(28)13-9-17-16(15-24)6-7-19-18(17)8-12-23(3)20(19)10-14-25(23,29)21(26)22(27)30-5-2/h16-20,26,28-29H,4-15H2,1-3H3/t16-,17-,18+,19+,20-,23?,24+,25?/m0/s1. The lowest BCUT2D eigenvalue weighted by atomic mass is 9.48. The van der Waals surface area contributed by atoms with Gasteiger partial charge in [-0.1, -0.05) is 20.3 Å². The zero-order chi connectivity index (χ0) is 21.7. The molecule has 8 atom stereocenters. The van der Waals surface area contributed by atoms with Crippen molar-refractivity contribution in [1.29, 1.82) is 5.41 Å². The van der Waals surface area contributed by atoms with Crippen LogP contribution < -0.4 is 0 Å². The smallest absolute Gasteiger partial charge is 0.355 e. The summed E-state index contributed by atoms with van der Waals surface area (Å²) in [6, 6.07) is 0. The maximum atomic E-state index is 12.3. The third-order valence-corrected chi connectivity index (χ3v) is 9.86. The number of carbonyl (C=O) groups excluding carboxylic acids is 1. The topological polar surface area (TPSA) is 90.6 Å². The van der Waals surface area contributed by atoms with Crippen molar-refractivity contribution >= 4 is 11.7 Å².